The molecule has 0 aliphatic carbocycles. The van der Waals surface area contributed by atoms with E-state index in [1.54, 1.807) is 0 Å². The van der Waals surface area contributed by atoms with E-state index < -0.39 is 17.5 Å². The number of alkyl halides is 1. The third-order valence-electron chi connectivity index (χ3n) is 1.55. The summed E-state index contributed by atoms with van der Waals surface area (Å²) in [6, 6.07) is 2.77. The molecule has 1 rings (SSSR count). The largest absolute Gasteiger partial charge is 0.351 e. The average molecular weight is 264 g/mol. The molecule has 0 saturated carbocycles. The van der Waals surface area contributed by atoms with E-state index in [9.17, 15) is 13.6 Å². The Hall–Kier alpha value is -0.970. The molecule has 1 aromatic carbocycles. The van der Waals surface area contributed by atoms with Gasteiger partial charge in [-0.1, -0.05) is 15.9 Å². The van der Waals surface area contributed by atoms with Crippen molar-refractivity contribution in [2.45, 2.75) is 0 Å². The SMILES string of the molecule is O=C(NCCBr)c1cc(F)ccc1F. The summed E-state index contributed by atoms with van der Waals surface area (Å²) in [5.74, 6) is -1.96. The maximum Gasteiger partial charge on any atom is 0.254 e. The molecule has 1 amide bonds. The van der Waals surface area contributed by atoms with E-state index >= 15 is 0 Å². The highest BCUT2D eigenvalue weighted by molar-refractivity contribution is 9.09. The van der Waals surface area contributed by atoms with E-state index in [0.717, 1.165) is 18.2 Å². The van der Waals surface area contributed by atoms with Crippen molar-refractivity contribution >= 4 is 21.8 Å². The van der Waals surface area contributed by atoms with Crippen LogP contribution in [0.4, 0.5) is 8.78 Å². The topological polar surface area (TPSA) is 29.1 Å². The minimum absolute atomic E-state index is 0.272. The quantitative estimate of drug-likeness (QED) is 0.832. The molecule has 14 heavy (non-hydrogen) atoms. The van der Waals surface area contributed by atoms with Crippen LogP contribution in [0.5, 0.6) is 0 Å². The molecule has 0 aliphatic rings. The molecule has 0 bridgehead atoms. The standard InChI is InChI=1S/C9H8BrF2NO/c10-3-4-13-9(14)7-5-6(11)1-2-8(7)12/h1-2,5H,3-4H2,(H,13,14). The molecule has 1 N–H and O–H groups in total. The normalized spacial score (nSPS) is 9.93. The van der Waals surface area contributed by atoms with Crippen LogP contribution < -0.4 is 5.32 Å². The van der Waals surface area contributed by atoms with Gasteiger partial charge in [-0.15, -0.1) is 0 Å². The summed E-state index contributed by atoms with van der Waals surface area (Å²) < 4.78 is 25.7. The van der Waals surface area contributed by atoms with Crippen LogP contribution >= 0.6 is 15.9 Å². The van der Waals surface area contributed by atoms with Crippen molar-refractivity contribution in [1.29, 1.82) is 0 Å². The van der Waals surface area contributed by atoms with Gasteiger partial charge in [0.15, 0.2) is 0 Å². The summed E-state index contributed by atoms with van der Waals surface area (Å²) in [4.78, 5) is 11.2. The van der Waals surface area contributed by atoms with Crippen LogP contribution in [-0.2, 0) is 0 Å². The molecule has 0 aliphatic heterocycles. The first-order valence-electron chi connectivity index (χ1n) is 3.94. The fourth-order valence-corrected chi connectivity index (χ4v) is 1.13. The van der Waals surface area contributed by atoms with Crippen LogP contribution in [-0.4, -0.2) is 17.8 Å². The van der Waals surface area contributed by atoms with Gasteiger partial charge in [-0.25, -0.2) is 8.78 Å². The molecule has 1 aromatic rings. The van der Waals surface area contributed by atoms with Gasteiger partial charge in [0.2, 0.25) is 0 Å². The van der Waals surface area contributed by atoms with Crippen molar-refractivity contribution in [3.8, 4) is 0 Å². The maximum absolute atomic E-state index is 13.0. The predicted molar refractivity (Wildman–Crippen MR) is 52.5 cm³/mol. The zero-order valence-electron chi connectivity index (χ0n) is 7.19. The van der Waals surface area contributed by atoms with Crippen LogP contribution in [0.15, 0.2) is 18.2 Å². The number of carbonyl (C=O) groups excluding carboxylic acids is 1. The lowest BCUT2D eigenvalue weighted by Gasteiger charge is -2.03. The number of nitrogens with one attached hydrogen (secondary N) is 1. The molecule has 0 aromatic heterocycles. The van der Waals surface area contributed by atoms with Gasteiger partial charge in [0.05, 0.1) is 5.56 Å². The second kappa shape index (κ2) is 5.05. The van der Waals surface area contributed by atoms with E-state index in [0.29, 0.717) is 11.9 Å². The highest BCUT2D eigenvalue weighted by atomic mass is 79.9. The first-order chi connectivity index (χ1) is 6.65. The number of halogens is 3. The number of hydrogen-bond donors (Lipinski definition) is 1. The lowest BCUT2D eigenvalue weighted by atomic mass is 10.2. The molecular formula is C9H8BrF2NO. The average Bonchev–Trinajstić information content (AvgIpc) is 2.18. The fourth-order valence-electron chi connectivity index (χ4n) is 0.928. The second-order valence-electron chi connectivity index (χ2n) is 2.57. The van der Waals surface area contributed by atoms with Gasteiger partial charge < -0.3 is 5.32 Å². The highest BCUT2D eigenvalue weighted by Crippen LogP contribution is 2.09. The Morgan fingerprint density at radius 3 is 2.79 bits per heavy atom. The predicted octanol–water partition coefficient (Wildman–Crippen LogP) is 2.09. The first-order valence-corrected chi connectivity index (χ1v) is 5.06. The molecule has 0 atom stereocenters. The molecule has 0 radical (unpaired) electrons. The Balaban J connectivity index is 2.83. The van der Waals surface area contributed by atoms with Crippen molar-refractivity contribution in [3.05, 3.63) is 35.4 Å². The monoisotopic (exact) mass is 263 g/mol. The second-order valence-corrected chi connectivity index (χ2v) is 3.36. The first kappa shape index (κ1) is 11.1. The smallest absolute Gasteiger partial charge is 0.254 e. The molecule has 2 nitrogen and oxygen atoms in total. The Morgan fingerprint density at radius 1 is 1.43 bits per heavy atom. The van der Waals surface area contributed by atoms with Gasteiger partial charge in [0, 0.05) is 11.9 Å². The van der Waals surface area contributed by atoms with Gasteiger partial charge >= 0.3 is 0 Å². The summed E-state index contributed by atoms with van der Waals surface area (Å²) in [7, 11) is 0. The van der Waals surface area contributed by atoms with E-state index in [4.69, 9.17) is 0 Å². The van der Waals surface area contributed by atoms with Crippen molar-refractivity contribution in [2.75, 3.05) is 11.9 Å². The number of amides is 1. The van der Waals surface area contributed by atoms with Gasteiger partial charge in [0.1, 0.15) is 11.6 Å². The summed E-state index contributed by atoms with van der Waals surface area (Å²) in [6.07, 6.45) is 0. The molecule has 5 heteroatoms. The minimum Gasteiger partial charge on any atom is -0.351 e. The molecule has 0 heterocycles. The van der Waals surface area contributed by atoms with Gasteiger partial charge in [-0.2, -0.15) is 0 Å². The van der Waals surface area contributed by atoms with Crippen molar-refractivity contribution in [3.63, 3.8) is 0 Å². The van der Waals surface area contributed by atoms with Crippen LogP contribution in [0.1, 0.15) is 10.4 Å². The summed E-state index contributed by atoms with van der Waals surface area (Å²) >= 11 is 3.10. The lowest BCUT2D eigenvalue weighted by Crippen LogP contribution is -2.26. The maximum atomic E-state index is 13.0. The molecule has 0 unspecified atom stereocenters. The third-order valence-corrected chi connectivity index (χ3v) is 1.95. The number of carbonyl (C=O) groups is 1. The Labute approximate surface area is 88.4 Å². The molecule has 76 valence electrons. The van der Waals surface area contributed by atoms with E-state index in [1.807, 2.05) is 0 Å². The Morgan fingerprint density at radius 2 is 2.14 bits per heavy atom. The Kier molecular flexibility index (Phi) is 4.00. The van der Waals surface area contributed by atoms with Crippen molar-refractivity contribution in [1.82, 2.24) is 5.32 Å². The Bertz CT molecular complexity index is 344. The van der Waals surface area contributed by atoms with Gasteiger partial charge in [-0.3, -0.25) is 4.79 Å². The number of benzene rings is 1. The number of rotatable bonds is 3. The fraction of sp³-hybridized carbons (Fsp3) is 0.222. The van der Waals surface area contributed by atoms with Gasteiger partial charge in [0.25, 0.3) is 5.91 Å². The van der Waals surface area contributed by atoms with E-state index in [2.05, 4.69) is 21.2 Å². The zero-order valence-corrected chi connectivity index (χ0v) is 8.77. The third kappa shape index (κ3) is 2.77. The van der Waals surface area contributed by atoms with Crippen molar-refractivity contribution < 1.29 is 13.6 Å². The molecular weight excluding hydrogens is 256 g/mol. The molecule has 0 spiro atoms. The molecule has 0 fully saturated rings. The van der Waals surface area contributed by atoms with Crippen LogP contribution in [0.3, 0.4) is 0 Å². The molecule has 0 saturated heterocycles. The minimum atomic E-state index is -0.724. The summed E-state index contributed by atoms with van der Waals surface area (Å²) in [6.45, 7) is 0.370. The van der Waals surface area contributed by atoms with Crippen LogP contribution in [0, 0.1) is 11.6 Å². The summed E-state index contributed by atoms with van der Waals surface area (Å²) in [5.41, 5.74) is -0.272. The summed E-state index contributed by atoms with van der Waals surface area (Å²) in [5, 5.41) is 2.99. The van der Waals surface area contributed by atoms with Crippen molar-refractivity contribution in [2.24, 2.45) is 0 Å². The van der Waals surface area contributed by atoms with Crippen LogP contribution in [0.25, 0.3) is 0 Å². The zero-order chi connectivity index (χ0) is 10.6. The lowest BCUT2D eigenvalue weighted by molar-refractivity contribution is 0.0951. The van der Waals surface area contributed by atoms with Gasteiger partial charge in [-0.05, 0) is 18.2 Å². The highest BCUT2D eigenvalue weighted by Gasteiger charge is 2.11. The van der Waals surface area contributed by atoms with E-state index in [1.165, 1.54) is 0 Å². The van der Waals surface area contributed by atoms with Crippen LogP contribution in [0.2, 0.25) is 0 Å². The number of hydrogen-bond acceptors (Lipinski definition) is 1. The van der Waals surface area contributed by atoms with E-state index in [-0.39, 0.29) is 5.56 Å².